The molecule has 5 bridgehead atoms. The zero-order valence-electron chi connectivity index (χ0n) is 36.1. The fourth-order valence-electron chi connectivity index (χ4n) is 7.87. The van der Waals surface area contributed by atoms with Gasteiger partial charge in [-0.25, -0.2) is 0 Å². The summed E-state index contributed by atoms with van der Waals surface area (Å²) in [5.41, 5.74) is -1.99. The van der Waals surface area contributed by atoms with Crippen molar-refractivity contribution in [2.75, 3.05) is 26.6 Å². The number of benzene rings is 2. The molecular weight excluding hydrogens is 792 g/mol. The fraction of sp³-hybridized carbons (Fsp3) is 0.444. The Hall–Kier alpha value is -5.97. The van der Waals surface area contributed by atoms with E-state index in [2.05, 4.69) is 10.6 Å². The van der Waals surface area contributed by atoms with Gasteiger partial charge in [0.05, 0.1) is 55.5 Å². The summed E-state index contributed by atoms with van der Waals surface area (Å²) in [6.45, 7) is 12.2. The zero-order valence-corrected chi connectivity index (χ0v) is 36.1. The van der Waals surface area contributed by atoms with Crippen molar-refractivity contribution in [2.45, 2.75) is 85.6 Å². The van der Waals surface area contributed by atoms with Crippen LogP contribution in [-0.2, 0) is 23.8 Å². The molecule has 16 nitrogen and oxygen atoms in total. The van der Waals surface area contributed by atoms with Crippen LogP contribution in [-0.4, -0.2) is 96.1 Å². The van der Waals surface area contributed by atoms with E-state index < -0.39 is 111 Å². The van der Waals surface area contributed by atoms with Crippen LogP contribution < -0.4 is 24.8 Å². The van der Waals surface area contributed by atoms with Gasteiger partial charge in [0.1, 0.15) is 29.0 Å². The van der Waals surface area contributed by atoms with Crippen LogP contribution in [0, 0.1) is 30.6 Å². The van der Waals surface area contributed by atoms with Gasteiger partial charge in [-0.3, -0.25) is 24.0 Å². The van der Waals surface area contributed by atoms with Gasteiger partial charge in [-0.15, -0.1) is 0 Å². The molecule has 0 radical (unpaired) electrons. The van der Waals surface area contributed by atoms with Crippen molar-refractivity contribution in [2.24, 2.45) is 23.7 Å². The molecule has 2 aromatic rings. The Labute approximate surface area is 354 Å². The molecule has 2 aromatic carbocycles. The molecule has 3 heterocycles. The summed E-state index contributed by atoms with van der Waals surface area (Å²) in [4.78, 5) is 69.9. The number of rotatable bonds is 6. The zero-order chi connectivity index (χ0) is 45.2. The first kappa shape index (κ1) is 46.1. The van der Waals surface area contributed by atoms with E-state index in [-0.39, 0.29) is 33.9 Å². The van der Waals surface area contributed by atoms with Crippen LogP contribution in [0.1, 0.15) is 85.1 Å². The number of carbonyl (C=O) groups is 5. The van der Waals surface area contributed by atoms with Crippen molar-refractivity contribution >= 4 is 34.9 Å². The molecule has 4 aliphatic rings. The quantitative estimate of drug-likeness (QED) is 0.239. The number of allylic oxidation sites excluding steroid dienone is 4. The summed E-state index contributed by atoms with van der Waals surface area (Å²) in [7, 11) is 4.26. The van der Waals surface area contributed by atoms with Gasteiger partial charge >= 0.3 is 11.8 Å². The number of anilines is 1. The monoisotopic (exact) mass is 846 g/mol. The molecule has 5 N–H and O–H groups in total. The van der Waals surface area contributed by atoms with Gasteiger partial charge in [-0.1, -0.05) is 45.9 Å². The maximum Gasteiger partial charge on any atom is 0.312 e. The van der Waals surface area contributed by atoms with Crippen LogP contribution in [0.15, 0.2) is 65.7 Å². The second kappa shape index (κ2) is 18.3. The van der Waals surface area contributed by atoms with E-state index in [1.807, 2.05) is 0 Å². The second-order valence-electron chi connectivity index (χ2n) is 15.7. The Morgan fingerprint density at radius 3 is 2.16 bits per heavy atom. The molecule has 61 heavy (non-hydrogen) atoms. The number of ketones is 3. The summed E-state index contributed by atoms with van der Waals surface area (Å²) >= 11 is 0. The summed E-state index contributed by atoms with van der Waals surface area (Å²) < 4.78 is 34.3. The average Bonchev–Trinajstić information content (AvgIpc) is 3.50. The molecule has 0 aromatic heterocycles. The number of Topliss-reactive ketones (excluding diaryl/α,β-unsaturated/α-hetero) is 3. The van der Waals surface area contributed by atoms with Gasteiger partial charge in [-0.2, -0.15) is 0 Å². The van der Waals surface area contributed by atoms with Crippen molar-refractivity contribution in [1.82, 2.24) is 5.32 Å². The lowest BCUT2D eigenvalue weighted by molar-refractivity contribution is -0.160. The van der Waals surface area contributed by atoms with Crippen molar-refractivity contribution in [3.63, 3.8) is 0 Å². The van der Waals surface area contributed by atoms with Crippen molar-refractivity contribution < 1.29 is 67.7 Å². The minimum Gasteiger partial charge on any atom is -0.507 e. The lowest BCUT2D eigenvalue weighted by Crippen LogP contribution is -2.46. The van der Waals surface area contributed by atoms with Gasteiger partial charge < -0.3 is 54.4 Å². The minimum atomic E-state index is -2.13. The number of aromatic hydroxyl groups is 1. The lowest BCUT2D eigenvalue weighted by Gasteiger charge is -2.38. The Morgan fingerprint density at radius 2 is 1.54 bits per heavy atom. The Bertz CT molecular complexity index is 2240. The summed E-state index contributed by atoms with van der Waals surface area (Å²) in [6.07, 6.45) is 3.21. The van der Waals surface area contributed by atoms with E-state index in [1.54, 1.807) is 39.8 Å². The van der Waals surface area contributed by atoms with Crippen LogP contribution in [0.5, 0.6) is 23.0 Å². The van der Waals surface area contributed by atoms with Gasteiger partial charge in [-0.05, 0) is 32.1 Å². The van der Waals surface area contributed by atoms with Gasteiger partial charge in [0.2, 0.25) is 11.6 Å². The third-order valence-electron chi connectivity index (χ3n) is 11.6. The van der Waals surface area contributed by atoms with E-state index in [4.69, 9.17) is 28.4 Å². The molecule has 0 saturated heterocycles. The number of amides is 1. The number of methoxy groups -OCH3 is 3. The number of esters is 1. The molecular formula is C45H54N2O14. The lowest BCUT2D eigenvalue weighted by atomic mass is 9.78. The highest BCUT2D eigenvalue weighted by Gasteiger charge is 2.53. The van der Waals surface area contributed by atoms with Gasteiger partial charge in [0.25, 0.3) is 11.7 Å². The van der Waals surface area contributed by atoms with Crippen molar-refractivity contribution in [1.29, 1.82) is 0 Å². The standard InChI is InChI=1S/C45H54N2O14/c1-20-13-12-14-21(2)44(55)47-35-34(46-27-15-16-29(57-10)30(19-27)58-11)39(52)31-32(40(35)53)38(51)25(6)42-33(31)43(54)45(8,61-42)59-18-17-28(56-9)22(3)41(60-26(7)48)24(5)37(50)23(4)36(20)49/h12-20,22-24,28,36-37,41,46,49-51H,1-11H3,(H,47,55)/b13-12?,18-17-,21-14-/t20-,22+,23+,24-,28-,36-,37-,41+,45-/m0/s1. The number of carbonyl (C=O) groups excluding carboxylic acids is 5. The van der Waals surface area contributed by atoms with E-state index in [1.165, 1.54) is 79.4 Å². The molecule has 6 rings (SSSR count). The highest BCUT2D eigenvalue weighted by Crippen LogP contribution is 2.49. The molecule has 1 amide bonds. The minimum absolute atomic E-state index is 0.0426. The summed E-state index contributed by atoms with van der Waals surface area (Å²) in [6, 6.07) is 4.59. The predicted molar refractivity (Wildman–Crippen MR) is 221 cm³/mol. The summed E-state index contributed by atoms with van der Waals surface area (Å²) in [5.74, 6) is -9.12. The number of aliphatic hydroxyl groups excluding tert-OH is 2. The molecule has 0 spiro atoms. The smallest absolute Gasteiger partial charge is 0.312 e. The van der Waals surface area contributed by atoms with E-state index in [0.717, 1.165) is 6.26 Å². The fourth-order valence-corrected chi connectivity index (χ4v) is 7.87. The number of hydrogen-bond acceptors (Lipinski definition) is 15. The molecule has 0 saturated carbocycles. The van der Waals surface area contributed by atoms with E-state index in [0.29, 0.717) is 5.75 Å². The average molecular weight is 847 g/mol. The topological polar surface area (TPSA) is 225 Å². The molecule has 328 valence electrons. The van der Waals surface area contributed by atoms with Crippen LogP contribution >= 0.6 is 0 Å². The van der Waals surface area contributed by atoms with Crippen LogP contribution in [0.2, 0.25) is 0 Å². The van der Waals surface area contributed by atoms with Crippen LogP contribution in [0.3, 0.4) is 0 Å². The highest BCUT2D eigenvalue weighted by atomic mass is 16.7. The third-order valence-corrected chi connectivity index (χ3v) is 11.6. The van der Waals surface area contributed by atoms with Crippen LogP contribution in [0.25, 0.3) is 0 Å². The van der Waals surface area contributed by atoms with E-state index >= 15 is 0 Å². The number of phenols is 1. The number of aliphatic hydroxyl groups is 2. The molecule has 3 aliphatic heterocycles. The van der Waals surface area contributed by atoms with Crippen LogP contribution in [0.4, 0.5) is 5.69 Å². The Morgan fingerprint density at radius 1 is 0.869 bits per heavy atom. The first-order valence-electron chi connectivity index (χ1n) is 19.8. The maximum atomic E-state index is 14.8. The molecule has 0 fully saturated rings. The summed E-state index contributed by atoms with van der Waals surface area (Å²) in [5, 5.41) is 39.9. The molecule has 16 heteroatoms. The molecule has 0 unspecified atom stereocenters. The maximum absolute atomic E-state index is 14.8. The van der Waals surface area contributed by atoms with E-state index in [9.17, 15) is 39.3 Å². The SMILES string of the molecule is COc1ccc(NC2=C3NC(=O)/C(C)=C\C=C[C@H](C)[C@H](O)[C@@H](C)[C@H](O)[C@H](C)[C@H](OC(C)=O)[C@H](C)[C@@H](OC)/C=C\O[C@@]4(C)Oc5c(C)c(O)c(c(c5C4=O)C2=O)C3=O)cc1OC. The normalized spacial score (nSPS) is 29.8. The number of fused-ring (bicyclic) bond motifs is 14. The van der Waals surface area contributed by atoms with Crippen molar-refractivity contribution in [3.8, 4) is 23.0 Å². The third kappa shape index (κ3) is 8.79. The highest BCUT2D eigenvalue weighted by molar-refractivity contribution is 6.33. The number of nitrogens with one attached hydrogen (secondary N) is 2. The number of phenolic OH excluding ortho intramolecular Hbond substituents is 1. The Balaban J connectivity index is 1.70. The Kier molecular flexibility index (Phi) is 13.9. The number of ether oxygens (including phenoxy) is 6. The molecule has 1 aliphatic carbocycles. The first-order valence-corrected chi connectivity index (χ1v) is 19.8. The van der Waals surface area contributed by atoms with Gasteiger partial charge in [0, 0.05) is 67.5 Å². The number of hydrogen-bond donors (Lipinski definition) is 5. The first-order chi connectivity index (χ1) is 28.7. The molecule has 9 atom stereocenters. The largest absolute Gasteiger partial charge is 0.507 e. The van der Waals surface area contributed by atoms with Gasteiger partial charge in [0.15, 0.2) is 11.5 Å². The predicted octanol–water partition coefficient (Wildman–Crippen LogP) is 5.09. The van der Waals surface area contributed by atoms with Crippen molar-refractivity contribution in [3.05, 3.63) is 88.0 Å². The second-order valence-corrected chi connectivity index (χ2v) is 15.7.